The molecule has 2 heteroatoms. The molecule has 0 atom stereocenters. The van der Waals surface area contributed by atoms with Crippen LogP contribution in [0.3, 0.4) is 0 Å². The number of aromatic nitrogens is 2. The van der Waals surface area contributed by atoms with Gasteiger partial charge in [0, 0.05) is 0 Å². The average molecular weight is 210 g/mol. The highest BCUT2D eigenvalue weighted by atomic mass is 14.8. The van der Waals surface area contributed by atoms with Crippen LogP contribution in [0.2, 0.25) is 0 Å². The van der Waals surface area contributed by atoms with Gasteiger partial charge >= 0.3 is 0 Å². The SMILES string of the molecule is C=Cc1nc2ccccc2nc1/C=C\CC. The van der Waals surface area contributed by atoms with Crippen LogP contribution in [0.25, 0.3) is 23.2 Å². The molecule has 0 unspecified atom stereocenters. The number of allylic oxidation sites excluding steroid dienone is 1. The smallest absolute Gasteiger partial charge is 0.0894 e. The molecule has 0 aliphatic carbocycles. The lowest BCUT2D eigenvalue weighted by Gasteiger charge is -2.02. The second-order valence-electron chi connectivity index (χ2n) is 3.50. The van der Waals surface area contributed by atoms with Crippen molar-refractivity contribution in [2.75, 3.05) is 0 Å². The van der Waals surface area contributed by atoms with Crippen molar-refractivity contribution < 1.29 is 0 Å². The number of nitrogens with zero attached hydrogens (tertiary/aromatic N) is 2. The molecule has 0 amide bonds. The summed E-state index contributed by atoms with van der Waals surface area (Å²) in [5.74, 6) is 0. The Hall–Kier alpha value is -1.96. The van der Waals surface area contributed by atoms with E-state index >= 15 is 0 Å². The predicted molar refractivity (Wildman–Crippen MR) is 69.0 cm³/mol. The van der Waals surface area contributed by atoms with Gasteiger partial charge in [-0.25, -0.2) is 9.97 Å². The number of fused-ring (bicyclic) bond motifs is 1. The predicted octanol–water partition coefficient (Wildman–Crippen LogP) is 3.70. The summed E-state index contributed by atoms with van der Waals surface area (Å²) >= 11 is 0. The molecule has 0 aliphatic heterocycles. The molecule has 0 saturated carbocycles. The zero-order valence-corrected chi connectivity index (χ0v) is 9.35. The van der Waals surface area contributed by atoms with Crippen LogP contribution in [0.15, 0.2) is 36.9 Å². The molecule has 2 aromatic rings. The fraction of sp³-hybridized carbons (Fsp3) is 0.143. The molecule has 0 fully saturated rings. The fourth-order valence-corrected chi connectivity index (χ4v) is 1.53. The first-order valence-corrected chi connectivity index (χ1v) is 5.41. The number of hydrogen-bond donors (Lipinski definition) is 0. The van der Waals surface area contributed by atoms with Crippen molar-refractivity contribution in [1.82, 2.24) is 9.97 Å². The van der Waals surface area contributed by atoms with Gasteiger partial charge in [0.1, 0.15) is 0 Å². The molecule has 0 saturated heterocycles. The van der Waals surface area contributed by atoms with E-state index in [9.17, 15) is 0 Å². The molecule has 2 nitrogen and oxygen atoms in total. The van der Waals surface area contributed by atoms with Gasteiger partial charge in [-0.2, -0.15) is 0 Å². The Morgan fingerprint density at radius 2 is 1.75 bits per heavy atom. The second-order valence-corrected chi connectivity index (χ2v) is 3.50. The zero-order valence-electron chi connectivity index (χ0n) is 9.35. The summed E-state index contributed by atoms with van der Waals surface area (Å²) in [5, 5.41) is 0. The van der Waals surface area contributed by atoms with Gasteiger partial charge < -0.3 is 0 Å². The van der Waals surface area contributed by atoms with Crippen LogP contribution in [-0.4, -0.2) is 9.97 Å². The summed E-state index contributed by atoms with van der Waals surface area (Å²) < 4.78 is 0. The van der Waals surface area contributed by atoms with E-state index in [4.69, 9.17) is 0 Å². The highest BCUT2D eigenvalue weighted by molar-refractivity contribution is 5.77. The third-order valence-corrected chi connectivity index (χ3v) is 2.33. The Bertz CT molecular complexity index is 541. The number of para-hydroxylation sites is 2. The lowest BCUT2D eigenvalue weighted by molar-refractivity contribution is 1.21. The molecule has 2 rings (SSSR count). The molecular weight excluding hydrogens is 196 g/mol. The van der Waals surface area contributed by atoms with Gasteiger partial charge in [-0.1, -0.05) is 31.7 Å². The minimum atomic E-state index is 0.836. The van der Waals surface area contributed by atoms with Crippen LogP contribution in [0.4, 0.5) is 0 Å². The minimum Gasteiger partial charge on any atom is -0.245 e. The number of benzene rings is 1. The Morgan fingerprint density at radius 3 is 2.31 bits per heavy atom. The van der Waals surface area contributed by atoms with Crippen LogP contribution in [-0.2, 0) is 0 Å². The zero-order chi connectivity index (χ0) is 11.4. The van der Waals surface area contributed by atoms with Gasteiger partial charge in [-0.3, -0.25) is 0 Å². The van der Waals surface area contributed by atoms with Crippen molar-refractivity contribution >= 4 is 23.2 Å². The Balaban J connectivity index is 2.62. The molecule has 16 heavy (non-hydrogen) atoms. The van der Waals surface area contributed by atoms with Crippen molar-refractivity contribution in [2.45, 2.75) is 13.3 Å². The molecule has 80 valence electrons. The van der Waals surface area contributed by atoms with Crippen LogP contribution in [0, 0.1) is 0 Å². The van der Waals surface area contributed by atoms with Crippen molar-refractivity contribution in [2.24, 2.45) is 0 Å². The van der Waals surface area contributed by atoms with E-state index in [1.807, 2.05) is 30.3 Å². The highest BCUT2D eigenvalue weighted by Gasteiger charge is 2.02. The summed E-state index contributed by atoms with van der Waals surface area (Å²) in [7, 11) is 0. The maximum Gasteiger partial charge on any atom is 0.0894 e. The van der Waals surface area contributed by atoms with Crippen LogP contribution in [0.5, 0.6) is 0 Å². The molecule has 1 aromatic carbocycles. The lowest BCUT2D eigenvalue weighted by Crippen LogP contribution is -1.93. The van der Waals surface area contributed by atoms with E-state index in [0.717, 1.165) is 28.8 Å². The number of hydrogen-bond acceptors (Lipinski definition) is 2. The molecule has 0 aliphatic rings. The molecule has 0 N–H and O–H groups in total. The monoisotopic (exact) mass is 210 g/mol. The lowest BCUT2D eigenvalue weighted by atomic mass is 10.2. The molecule has 0 spiro atoms. The van der Waals surface area contributed by atoms with E-state index in [2.05, 4.69) is 29.5 Å². The summed E-state index contributed by atoms with van der Waals surface area (Å²) in [4.78, 5) is 9.08. The van der Waals surface area contributed by atoms with Gasteiger partial charge in [0.15, 0.2) is 0 Å². The van der Waals surface area contributed by atoms with E-state index in [1.54, 1.807) is 6.08 Å². The maximum atomic E-state index is 4.56. The largest absolute Gasteiger partial charge is 0.245 e. The van der Waals surface area contributed by atoms with Crippen LogP contribution < -0.4 is 0 Å². The van der Waals surface area contributed by atoms with Gasteiger partial charge in [0.2, 0.25) is 0 Å². The van der Waals surface area contributed by atoms with Crippen molar-refractivity contribution in [1.29, 1.82) is 0 Å². The van der Waals surface area contributed by atoms with Crippen LogP contribution in [0.1, 0.15) is 24.7 Å². The topological polar surface area (TPSA) is 25.8 Å². The van der Waals surface area contributed by atoms with Crippen molar-refractivity contribution in [3.05, 3.63) is 48.3 Å². The Kier molecular flexibility index (Phi) is 3.10. The Morgan fingerprint density at radius 1 is 1.12 bits per heavy atom. The maximum absolute atomic E-state index is 4.56. The summed E-state index contributed by atoms with van der Waals surface area (Å²) in [5.41, 5.74) is 3.55. The van der Waals surface area contributed by atoms with E-state index in [-0.39, 0.29) is 0 Å². The quantitative estimate of drug-likeness (QED) is 0.772. The third kappa shape index (κ3) is 2.01. The average Bonchev–Trinajstić information content (AvgIpc) is 2.35. The summed E-state index contributed by atoms with van der Waals surface area (Å²) in [6.45, 7) is 5.87. The first kappa shape index (κ1) is 10.6. The number of rotatable bonds is 3. The Labute approximate surface area is 95.4 Å². The van der Waals surface area contributed by atoms with Crippen molar-refractivity contribution in [3.63, 3.8) is 0 Å². The van der Waals surface area contributed by atoms with E-state index in [1.165, 1.54) is 0 Å². The van der Waals surface area contributed by atoms with Gasteiger partial charge in [0.25, 0.3) is 0 Å². The molecular formula is C14H14N2. The van der Waals surface area contributed by atoms with Crippen molar-refractivity contribution in [3.8, 4) is 0 Å². The van der Waals surface area contributed by atoms with Gasteiger partial charge in [0.05, 0.1) is 22.4 Å². The molecule has 1 heterocycles. The van der Waals surface area contributed by atoms with Gasteiger partial charge in [-0.05, 0) is 30.7 Å². The molecule has 1 aromatic heterocycles. The third-order valence-electron chi connectivity index (χ3n) is 2.33. The van der Waals surface area contributed by atoms with E-state index in [0.29, 0.717) is 0 Å². The molecule has 0 bridgehead atoms. The van der Waals surface area contributed by atoms with Gasteiger partial charge in [-0.15, -0.1) is 0 Å². The first-order chi connectivity index (χ1) is 7.85. The summed E-state index contributed by atoms with van der Waals surface area (Å²) in [6.07, 6.45) is 6.81. The standard InChI is InChI=1S/C14H14N2/c1-3-5-8-12-11(4-2)15-13-9-6-7-10-14(13)16-12/h4-10H,2-3H2,1H3/b8-5-. The van der Waals surface area contributed by atoms with Crippen LogP contribution >= 0.6 is 0 Å². The first-order valence-electron chi connectivity index (χ1n) is 5.41. The summed E-state index contributed by atoms with van der Waals surface area (Å²) in [6, 6.07) is 7.87. The molecule has 0 radical (unpaired) electrons. The highest BCUT2D eigenvalue weighted by Crippen LogP contribution is 2.14. The minimum absolute atomic E-state index is 0.836. The second kappa shape index (κ2) is 4.71. The normalized spacial score (nSPS) is 11.1. The van der Waals surface area contributed by atoms with E-state index < -0.39 is 0 Å². The fourth-order valence-electron chi connectivity index (χ4n) is 1.53.